The average molecular weight is 232 g/mol. The molecule has 0 saturated carbocycles. The Labute approximate surface area is 103 Å². The molecule has 16 heavy (non-hydrogen) atoms. The molecule has 0 bridgehead atoms. The molecule has 0 rings (SSSR count). The van der Waals surface area contributed by atoms with Gasteiger partial charge in [-0.2, -0.15) is 0 Å². The van der Waals surface area contributed by atoms with Crippen molar-refractivity contribution >= 4 is 0 Å². The van der Waals surface area contributed by atoms with Gasteiger partial charge in [0.05, 0.1) is 6.61 Å². The zero-order valence-electron chi connectivity index (χ0n) is 11.8. The number of hydrogen-bond acceptors (Lipinski definition) is 3. The van der Waals surface area contributed by atoms with Crippen LogP contribution in [0.25, 0.3) is 0 Å². The van der Waals surface area contributed by atoms with E-state index in [1.807, 2.05) is 0 Å². The molecule has 0 aromatic heterocycles. The van der Waals surface area contributed by atoms with Gasteiger partial charge < -0.3 is 15.0 Å². The van der Waals surface area contributed by atoms with Crippen molar-refractivity contribution in [2.24, 2.45) is 5.92 Å². The van der Waals surface area contributed by atoms with E-state index in [1.165, 1.54) is 6.54 Å². The van der Waals surface area contributed by atoms with Gasteiger partial charge in [-0.1, -0.05) is 27.7 Å². The van der Waals surface area contributed by atoms with Crippen molar-refractivity contribution in [2.45, 2.75) is 40.2 Å². The van der Waals surface area contributed by atoms with Gasteiger partial charge in [0.15, 0.2) is 0 Å². The van der Waals surface area contributed by atoms with Crippen LogP contribution in [0, 0.1) is 5.92 Å². The first kappa shape index (κ1) is 15.9. The van der Waals surface area contributed by atoms with E-state index in [0.717, 1.165) is 38.6 Å². The smallest absolute Gasteiger partial charge is 0.0591 e. The Morgan fingerprint density at radius 2 is 1.88 bits per heavy atom. The first-order valence-electron chi connectivity index (χ1n) is 6.52. The van der Waals surface area contributed by atoms with Crippen LogP contribution in [0.5, 0.6) is 0 Å². The summed E-state index contributed by atoms with van der Waals surface area (Å²) in [6.07, 6.45) is 1.13. The lowest BCUT2D eigenvalue weighted by Gasteiger charge is -2.18. The lowest BCUT2D eigenvalue weighted by Crippen LogP contribution is -2.27. The van der Waals surface area contributed by atoms with Gasteiger partial charge in [-0.05, 0) is 19.4 Å². The molecule has 3 nitrogen and oxygen atoms in total. The Hall–Kier alpha value is -0.120. The van der Waals surface area contributed by atoms with Crippen molar-refractivity contribution in [1.29, 1.82) is 0 Å². The predicted octanol–water partition coefficient (Wildman–Crippen LogP) is 2.22. The maximum Gasteiger partial charge on any atom is 0.0591 e. The minimum absolute atomic E-state index is 0. The van der Waals surface area contributed by atoms with E-state index in [-0.39, 0.29) is 1.43 Å². The van der Waals surface area contributed by atoms with Crippen molar-refractivity contribution in [3.05, 3.63) is 0 Å². The maximum atomic E-state index is 5.55. The Morgan fingerprint density at radius 3 is 2.44 bits per heavy atom. The topological polar surface area (TPSA) is 24.5 Å². The van der Waals surface area contributed by atoms with Crippen LogP contribution >= 0.6 is 0 Å². The predicted molar refractivity (Wildman–Crippen MR) is 73.0 cm³/mol. The van der Waals surface area contributed by atoms with E-state index >= 15 is 0 Å². The summed E-state index contributed by atoms with van der Waals surface area (Å²) >= 11 is 0. The van der Waals surface area contributed by atoms with Crippen molar-refractivity contribution in [2.75, 3.05) is 39.9 Å². The van der Waals surface area contributed by atoms with Gasteiger partial charge in [-0.25, -0.2) is 0 Å². The third-order valence-corrected chi connectivity index (χ3v) is 2.30. The minimum Gasteiger partial charge on any atom is -0.380 e. The van der Waals surface area contributed by atoms with Crippen LogP contribution in [0.4, 0.5) is 0 Å². The fraction of sp³-hybridized carbons (Fsp3) is 1.00. The summed E-state index contributed by atoms with van der Waals surface area (Å²) in [5.41, 5.74) is 0. The molecule has 0 radical (unpaired) electrons. The Bertz CT molecular complexity index is 154. The normalized spacial score (nSPS) is 12.0. The summed E-state index contributed by atoms with van der Waals surface area (Å²) in [6.45, 7) is 13.8. The van der Waals surface area contributed by atoms with Gasteiger partial charge in [-0.3, -0.25) is 0 Å². The third-order valence-electron chi connectivity index (χ3n) is 2.30. The number of hydrogen-bond donors (Lipinski definition) is 1. The van der Waals surface area contributed by atoms with Gasteiger partial charge >= 0.3 is 0 Å². The van der Waals surface area contributed by atoms with Crippen LogP contribution in [0.15, 0.2) is 0 Å². The van der Waals surface area contributed by atoms with Crippen LogP contribution in [0.3, 0.4) is 0 Å². The molecular weight excluding hydrogens is 200 g/mol. The molecule has 1 N–H and O–H groups in total. The van der Waals surface area contributed by atoms with E-state index in [0.29, 0.717) is 6.04 Å². The molecule has 0 spiro atoms. The second-order valence-electron chi connectivity index (χ2n) is 5.23. The Kier molecular flexibility index (Phi) is 9.99. The first-order chi connectivity index (χ1) is 7.52. The monoisotopic (exact) mass is 232 g/mol. The van der Waals surface area contributed by atoms with Crippen molar-refractivity contribution < 1.29 is 6.16 Å². The number of rotatable bonds is 10. The highest BCUT2D eigenvalue weighted by molar-refractivity contribution is 4.55. The summed E-state index contributed by atoms with van der Waals surface area (Å²) in [6, 6.07) is 0.556. The van der Waals surface area contributed by atoms with Gasteiger partial charge in [0, 0.05) is 33.7 Å². The summed E-state index contributed by atoms with van der Waals surface area (Å²) in [5, 5.41) is 3.34. The number of ether oxygens (including phenoxy) is 1. The fourth-order valence-electron chi connectivity index (χ4n) is 1.67. The SMILES string of the molecule is CC(C)CN(C)CCCOCCNC(C)C.[HH]. The zero-order chi connectivity index (χ0) is 12.4. The van der Waals surface area contributed by atoms with Crippen LogP contribution in [-0.4, -0.2) is 50.8 Å². The van der Waals surface area contributed by atoms with Crippen LogP contribution in [0.1, 0.15) is 35.5 Å². The molecule has 0 aliphatic rings. The molecule has 0 heterocycles. The van der Waals surface area contributed by atoms with Crippen LogP contribution in [0.2, 0.25) is 0 Å². The van der Waals surface area contributed by atoms with E-state index < -0.39 is 0 Å². The number of nitrogens with zero attached hydrogens (tertiary/aromatic N) is 1. The fourth-order valence-corrected chi connectivity index (χ4v) is 1.67. The van der Waals surface area contributed by atoms with Crippen molar-refractivity contribution in [3.63, 3.8) is 0 Å². The summed E-state index contributed by atoms with van der Waals surface area (Å²) in [5.74, 6) is 0.751. The van der Waals surface area contributed by atoms with Crippen LogP contribution in [-0.2, 0) is 4.74 Å². The highest BCUT2D eigenvalue weighted by Crippen LogP contribution is 1.96. The molecule has 0 aromatic rings. The highest BCUT2D eigenvalue weighted by atomic mass is 16.5. The lowest BCUT2D eigenvalue weighted by molar-refractivity contribution is 0.123. The minimum atomic E-state index is 0. The second kappa shape index (κ2) is 10.1. The molecular formula is C13H32N2O. The third kappa shape index (κ3) is 12.0. The quantitative estimate of drug-likeness (QED) is 0.585. The molecule has 3 heteroatoms. The molecule has 0 amide bonds. The largest absolute Gasteiger partial charge is 0.380 e. The van der Waals surface area contributed by atoms with E-state index in [9.17, 15) is 0 Å². The van der Waals surface area contributed by atoms with Gasteiger partial charge in [-0.15, -0.1) is 0 Å². The Morgan fingerprint density at radius 1 is 1.19 bits per heavy atom. The maximum absolute atomic E-state index is 5.55. The summed E-state index contributed by atoms with van der Waals surface area (Å²) in [4.78, 5) is 2.38. The summed E-state index contributed by atoms with van der Waals surface area (Å²) < 4.78 is 5.55. The molecule has 0 aromatic carbocycles. The average Bonchev–Trinajstić information content (AvgIpc) is 2.14. The zero-order valence-corrected chi connectivity index (χ0v) is 11.8. The van der Waals surface area contributed by atoms with Gasteiger partial charge in [0.25, 0.3) is 0 Å². The molecule has 0 aliphatic carbocycles. The van der Waals surface area contributed by atoms with E-state index in [1.54, 1.807) is 0 Å². The standard InChI is InChI=1S/C13H30N2O.H2/c1-12(2)11-15(5)8-6-9-16-10-7-14-13(3)4;/h12-14H,6-11H2,1-5H3;1H. The summed E-state index contributed by atoms with van der Waals surface area (Å²) in [7, 11) is 2.18. The molecule has 0 aliphatic heterocycles. The number of nitrogens with one attached hydrogen (secondary N) is 1. The van der Waals surface area contributed by atoms with Crippen LogP contribution < -0.4 is 5.32 Å². The highest BCUT2D eigenvalue weighted by Gasteiger charge is 2.00. The second-order valence-corrected chi connectivity index (χ2v) is 5.23. The Balaban J connectivity index is 0. The van der Waals surface area contributed by atoms with Gasteiger partial charge in [0.1, 0.15) is 0 Å². The molecule has 0 fully saturated rings. The van der Waals surface area contributed by atoms with Crippen molar-refractivity contribution in [3.8, 4) is 0 Å². The molecule has 0 unspecified atom stereocenters. The molecule has 0 saturated heterocycles. The van der Waals surface area contributed by atoms with E-state index in [2.05, 4.69) is 45.0 Å². The van der Waals surface area contributed by atoms with Gasteiger partial charge in [0.2, 0.25) is 0 Å². The first-order valence-corrected chi connectivity index (χ1v) is 6.52. The van der Waals surface area contributed by atoms with E-state index in [4.69, 9.17) is 4.74 Å². The molecule has 100 valence electrons. The van der Waals surface area contributed by atoms with Crippen molar-refractivity contribution in [1.82, 2.24) is 10.2 Å². The molecule has 0 atom stereocenters. The lowest BCUT2D eigenvalue weighted by atomic mass is 10.2.